The van der Waals surface area contributed by atoms with Crippen molar-refractivity contribution in [2.24, 2.45) is 0 Å². The molecule has 2 rings (SSSR count). The van der Waals surface area contributed by atoms with E-state index in [4.69, 9.17) is 9.47 Å². The van der Waals surface area contributed by atoms with Crippen LogP contribution in [-0.2, 0) is 21.3 Å². The van der Waals surface area contributed by atoms with Crippen LogP contribution < -0.4 is 14.8 Å². The summed E-state index contributed by atoms with van der Waals surface area (Å²) in [5.74, 6) is 0.459. The van der Waals surface area contributed by atoms with Crippen LogP contribution in [0.4, 0.5) is 5.82 Å². The second kappa shape index (κ2) is 10.2. The van der Waals surface area contributed by atoms with Gasteiger partial charge in [0.2, 0.25) is 10.0 Å². The summed E-state index contributed by atoms with van der Waals surface area (Å²) in [5, 5.41) is 3.10. The molecule has 29 heavy (non-hydrogen) atoms. The van der Waals surface area contributed by atoms with Gasteiger partial charge in [0.25, 0.3) is 0 Å². The molecule has 0 radical (unpaired) electrons. The van der Waals surface area contributed by atoms with Gasteiger partial charge in [0.15, 0.2) is 0 Å². The lowest BCUT2D eigenvalue weighted by Crippen LogP contribution is -2.32. The summed E-state index contributed by atoms with van der Waals surface area (Å²) in [6, 6.07) is 8.15. The number of nitrogens with one attached hydrogen (secondary N) is 2. The number of benzene rings is 1. The first kappa shape index (κ1) is 22.6. The van der Waals surface area contributed by atoms with Crippen molar-refractivity contribution in [1.82, 2.24) is 9.71 Å². The van der Waals surface area contributed by atoms with Crippen molar-refractivity contribution in [2.75, 3.05) is 19.5 Å². The fourth-order valence-electron chi connectivity index (χ4n) is 2.80. The standard InChI is InChI=1S/C20H27N3O5S/c1-5-6-14(2)23-29(25,26)16-8-10-19(22-13-16)21-12-15-7-9-18(27-3)17(11-15)20(24)28-4/h7-11,13-14,23H,5-6,12H2,1-4H3,(H,21,22). The summed E-state index contributed by atoms with van der Waals surface area (Å²) in [6.07, 6.45) is 2.98. The molecule has 0 spiro atoms. The third-order valence-electron chi connectivity index (χ3n) is 4.27. The first-order chi connectivity index (χ1) is 13.8. The number of rotatable bonds is 10. The molecular formula is C20H27N3O5S. The van der Waals surface area contributed by atoms with Crippen LogP contribution in [0.2, 0.25) is 0 Å². The van der Waals surface area contributed by atoms with Crippen LogP contribution in [0.1, 0.15) is 42.6 Å². The van der Waals surface area contributed by atoms with E-state index >= 15 is 0 Å². The van der Waals surface area contributed by atoms with Crippen molar-refractivity contribution < 1.29 is 22.7 Å². The zero-order valence-electron chi connectivity index (χ0n) is 17.1. The Bertz CT molecular complexity index is 930. The predicted molar refractivity (Wildman–Crippen MR) is 111 cm³/mol. The second-order valence-corrected chi connectivity index (χ2v) is 8.28. The first-order valence-electron chi connectivity index (χ1n) is 9.28. The molecule has 0 aliphatic rings. The van der Waals surface area contributed by atoms with Crippen LogP contribution in [0.15, 0.2) is 41.4 Å². The molecule has 0 amide bonds. The van der Waals surface area contributed by atoms with Gasteiger partial charge < -0.3 is 14.8 Å². The van der Waals surface area contributed by atoms with Gasteiger partial charge in [0.1, 0.15) is 22.0 Å². The van der Waals surface area contributed by atoms with Gasteiger partial charge in [-0.05, 0) is 43.2 Å². The zero-order valence-corrected chi connectivity index (χ0v) is 17.9. The number of carbonyl (C=O) groups excluding carboxylic acids is 1. The van der Waals surface area contributed by atoms with E-state index < -0.39 is 16.0 Å². The van der Waals surface area contributed by atoms with Gasteiger partial charge in [0.05, 0.1) is 14.2 Å². The molecule has 0 fully saturated rings. The maximum Gasteiger partial charge on any atom is 0.341 e. The largest absolute Gasteiger partial charge is 0.496 e. The van der Waals surface area contributed by atoms with Crippen LogP contribution in [0, 0.1) is 0 Å². The van der Waals surface area contributed by atoms with Gasteiger partial charge in [-0.2, -0.15) is 0 Å². The van der Waals surface area contributed by atoms with Gasteiger partial charge in [0, 0.05) is 18.8 Å². The number of hydrogen-bond donors (Lipinski definition) is 2. The van der Waals surface area contributed by atoms with Gasteiger partial charge in [-0.3, -0.25) is 0 Å². The number of esters is 1. The van der Waals surface area contributed by atoms with Gasteiger partial charge in [-0.25, -0.2) is 22.9 Å². The lowest BCUT2D eigenvalue weighted by Gasteiger charge is -2.13. The normalized spacial score (nSPS) is 12.3. The zero-order chi connectivity index (χ0) is 21.4. The Kier molecular flexibility index (Phi) is 7.98. The molecule has 1 aromatic carbocycles. The van der Waals surface area contributed by atoms with E-state index in [1.807, 2.05) is 19.9 Å². The summed E-state index contributed by atoms with van der Waals surface area (Å²) in [4.78, 5) is 16.2. The van der Waals surface area contributed by atoms with Crippen LogP contribution in [-0.4, -0.2) is 39.6 Å². The summed E-state index contributed by atoms with van der Waals surface area (Å²) in [7, 11) is -0.804. The molecule has 1 heterocycles. The summed E-state index contributed by atoms with van der Waals surface area (Å²) in [5.41, 5.74) is 1.15. The minimum absolute atomic E-state index is 0.114. The number of nitrogens with zero attached hydrogens (tertiary/aromatic N) is 1. The van der Waals surface area contributed by atoms with Gasteiger partial charge >= 0.3 is 5.97 Å². The van der Waals surface area contributed by atoms with Crippen LogP contribution in [0.3, 0.4) is 0 Å². The third-order valence-corrected chi connectivity index (χ3v) is 5.84. The highest BCUT2D eigenvalue weighted by atomic mass is 32.2. The maximum absolute atomic E-state index is 12.4. The average molecular weight is 422 g/mol. The number of aromatic nitrogens is 1. The Balaban J connectivity index is 2.06. The number of pyridine rings is 1. The van der Waals surface area contributed by atoms with Crippen molar-refractivity contribution >= 4 is 21.8 Å². The Labute approximate surface area is 171 Å². The number of ether oxygens (including phenoxy) is 2. The van der Waals surface area contributed by atoms with E-state index in [0.29, 0.717) is 23.7 Å². The Morgan fingerprint density at radius 2 is 1.97 bits per heavy atom. The van der Waals surface area contributed by atoms with E-state index in [1.165, 1.54) is 26.5 Å². The average Bonchev–Trinajstić information content (AvgIpc) is 2.71. The number of sulfonamides is 1. The topological polar surface area (TPSA) is 107 Å². The highest BCUT2D eigenvalue weighted by Gasteiger charge is 2.17. The van der Waals surface area contributed by atoms with Crippen molar-refractivity contribution in [3.8, 4) is 5.75 Å². The van der Waals surface area contributed by atoms with Crippen molar-refractivity contribution in [3.63, 3.8) is 0 Å². The van der Waals surface area contributed by atoms with E-state index in [0.717, 1.165) is 18.4 Å². The lowest BCUT2D eigenvalue weighted by atomic mass is 10.1. The minimum atomic E-state index is -3.60. The van der Waals surface area contributed by atoms with Gasteiger partial charge in [-0.1, -0.05) is 19.4 Å². The Morgan fingerprint density at radius 3 is 2.55 bits per heavy atom. The smallest absolute Gasteiger partial charge is 0.341 e. The van der Waals surface area contributed by atoms with E-state index in [9.17, 15) is 13.2 Å². The van der Waals surface area contributed by atoms with E-state index in [2.05, 4.69) is 15.0 Å². The summed E-state index contributed by atoms with van der Waals surface area (Å²) in [6.45, 7) is 4.23. The molecule has 0 aliphatic carbocycles. The van der Waals surface area contributed by atoms with Crippen LogP contribution in [0.25, 0.3) is 0 Å². The lowest BCUT2D eigenvalue weighted by molar-refractivity contribution is 0.0597. The molecule has 0 bridgehead atoms. The minimum Gasteiger partial charge on any atom is -0.496 e. The van der Waals surface area contributed by atoms with E-state index in [1.54, 1.807) is 18.2 Å². The molecular weight excluding hydrogens is 394 g/mol. The number of carbonyl (C=O) groups is 1. The highest BCUT2D eigenvalue weighted by molar-refractivity contribution is 7.89. The van der Waals surface area contributed by atoms with Crippen molar-refractivity contribution in [2.45, 2.75) is 44.2 Å². The number of anilines is 1. The quantitative estimate of drug-likeness (QED) is 0.568. The molecule has 8 nitrogen and oxygen atoms in total. The second-order valence-electron chi connectivity index (χ2n) is 6.57. The summed E-state index contributed by atoms with van der Waals surface area (Å²) >= 11 is 0. The van der Waals surface area contributed by atoms with Crippen molar-refractivity contribution in [1.29, 1.82) is 0 Å². The molecule has 1 atom stereocenters. The van der Waals surface area contributed by atoms with Gasteiger partial charge in [-0.15, -0.1) is 0 Å². The predicted octanol–water partition coefficient (Wildman–Crippen LogP) is 2.96. The fraction of sp³-hybridized carbons (Fsp3) is 0.400. The highest BCUT2D eigenvalue weighted by Crippen LogP contribution is 2.21. The fourth-order valence-corrected chi connectivity index (χ4v) is 4.02. The molecule has 9 heteroatoms. The van der Waals surface area contributed by atoms with Crippen molar-refractivity contribution in [3.05, 3.63) is 47.7 Å². The maximum atomic E-state index is 12.4. The van der Waals surface area contributed by atoms with Crippen LogP contribution in [0.5, 0.6) is 5.75 Å². The first-order valence-corrected chi connectivity index (χ1v) is 10.8. The SMILES string of the molecule is CCCC(C)NS(=O)(=O)c1ccc(NCc2ccc(OC)c(C(=O)OC)c2)nc1. The molecule has 1 aromatic heterocycles. The summed E-state index contributed by atoms with van der Waals surface area (Å²) < 4.78 is 37.3. The Morgan fingerprint density at radius 1 is 1.21 bits per heavy atom. The third kappa shape index (κ3) is 6.16. The molecule has 158 valence electrons. The van der Waals surface area contributed by atoms with E-state index in [-0.39, 0.29) is 10.9 Å². The molecule has 2 aromatic rings. The monoisotopic (exact) mass is 421 g/mol. The number of methoxy groups -OCH3 is 2. The van der Waals surface area contributed by atoms with Crippen LogP contribution >= 0.6 is 0 Å². The molecule has 0 aliphatic heterocycles. The number of hydrogen-bond acceptors (Lipinski definition) is 7. The molecule has 0 saturated carbocycles. The molecule has 1 unspecified atom stereocenters. The molecule has 2 N–H and O–H groups in total. The Hall–Kier alpha value is -2.65. The molecule has 0 saturated heterocycles.